The fourth-order valence-electron chi connectivity index (χ4n) is 1.90. The van der Waals surface area contributed by atoms with Crippen molar-refractivity contribution in [3.63, 3.8) is 0 Å². The molecule has 2 N–H and O–H groups in total. The number of hydrogen-bond acceptors (Lipinski definition) is 3. The summed E-state index contributed by atoms with van der Waals surface area (Å²) in [5.74, 6) is 0. The SMILES string of the molecule is CC(C)OCCCNCc1c[nH]c2ncccc12. The van der Waals surface area contributed by atoms with Crippen LogP contribution in [0, 0.1) is 0 Å². The van der Waals surface area contributed by atoms with E-state index in [-0.39, 0.29) is 0 Å². The quantitative estimate of drug-likeness (QED) is 0.739. The Hall–Kier alpha value is -1.39. The lowest BCUT2D eigenvalue weighted by atomic mass is 10.2. The van der Waals surface area contributed by atoms with Gasteiger partial charge in [0.1, 0.15) is 5.65 Å². The molecule has 18 heavy (non-hydrogen) atoms. The van der Waals surface area contributed by atoms with Crippen LogP contribution in [0.1, 0.15) is 25.8 Å². The van der Waals surface area contributed by atoms with Crippen LogP contribution < -0.4 is 5.32 Å². The van der Waals surface area contributed by atoms with E-state index in [1.165, 1.54) is 10.9 Å². The summed E-state index contributed by atoms with van der Waals surface area (Å²) in [6, 6.07) is 4.06. The van der Waals surface area contributed by atoms with Gasteiger partial charge in [-0.05, 0) is 44.5 Å². The Bertz CT molecular complexity index is 479. The summed E-state index contributed by atoms with van der Waals surface area (Å²) < 4.78 is 5.49. The largest absolute Gasteiger partial charge is 0.379 e. The van der Waals surface area contributed by atoms with Gasteiger partial charge >= 0.3 is 0 Å². The number of rotatable bonds is 7. The molecule has 0 radical (unpaired) electrons. The third-order valence-electron chi connectivity index (χ3n) is 2.80. The molecule has 98 valence electrons. The topological polar surface area (TPSA) is 49.9 Å². The molecule has 4 nitrogen and oxygen atoms in total. The molecule has 2 aromatic heterocycles. The number of aromatic nitrogens is 2. The van der Waals surface area contributed by atoms with Crippen LogP contribution in [0.2, 0.25) is 0 Å². The van der Waals surface area contributed by atoms with Crippen LogP contribution in [0.4, 0.5) is 0 Å². The van der Waals surface area contributed by atoms with Crippen LogP contribution in [0.3, 0.4) is 0 Å². The lowest BCUT2D eigenvalue weighted by Gasteiger charge is -2.07. The first-order valence-electron chi connectivity index (χ1n) is 6.50. The molecule has 0 bridgehead atoms. The molecule has 0 fully saturated rings. The highest BCUT2D eigenvalue weighted by Crippen LogP contribution is 2.14. The van der Waals surface area contributed by atoms with E-state index < -0.39 is 0 Å². The summed E-state index contributed by atoms with van der Waals surface area (Å²) in [5, 5.41) is 4.62. The molecule has 0 aliphatic heterocycles. The molecule has 0 aliphatic rings. The molecule has 0 spiro atoms. The maximum absolute atomic E-state index is 5.49. The van der Waals surface area contributed by atoms with Gasteiger partial charge in [0.05, 0.1) is 6.10 Å². The summed E-state index contributed by atoms with van der Waals surface area (Å²) >= 11 is 0. The Morgan fingerprint density at radius 1 is 1.44 bits per heavy atom. The molecule has 0 aromatic carbocycles. The van der Waals surface area contributed by atoms with Crippen molar-refractivity contribution in [1.82, 2.24) is 15.3 Å². The number of H-pyrrole nitrogens is 1. The van der Waals surface area contributed by atoms with Crippen LogP contribution in [0.5, 0.6) is 0 Å². The average molecular weight is 247 g/mol. The molecule has 0 unspecified atom stereocenters. The maximum atomic E-state index is 5.49. The first-order valence-corrected chi connectivity index (χ1v) is 6.50. The van der Waals surface area contributed by atoms with Crippen molar-refractivity contribution >= 4 is 11.0 Å². The standard InChI is InChI=1S/C14H21N3O/c1-11(2)18-8-4-6-15-9-12-10-17-14-13(12)5-3-7-16-14/h3,5,7,10-11,15H,4,6,8-9H2,1-2H3,(H,16,17). The van der Waals surface area contributed by atoms with Crippen molar-refractivity contribution in [3.8, 4) is 0 Å². The zero-order chi connectivity index (χ0) is 12.8. The van der Waals surface area contributed by atoms with E-state index in [1.807, 2.05) is 12.3 Å². The molecule has 2 heterocycles. The first kappa shape index (κ1) is 13.1. The molecule has 0 amide bonds. The number of fused-ring (bicyclic) bond motifs is 1. The average Bonchev–Trinajstić information content (AvgIpc) is 2.77. The fourth-order valence-corrected chi connectivity index (χ4v) is 1.90. The van der Waals surface area contributed by atoms with E-state index in [4.69, 9.17) is 4.74 Å². The third kappa shape index (κ3) is 3.55. The number of nitrogens with one attached hydrogen (secondary N) is 2. The highest BCUT2D eigenvalue weighted by atomic mass is 16.5. The van der Waals surface area contributed by atoms with Gasteiger partial charge in [0.15, 0.2) is 0 Å². The number of ether oxygens (including phenoxy) is 1. The van der Waals surface area contributed by atoms with E-state index in [9.17, 15) is 0 Å². The van der Waals surface area contributed by atoms with Gasteiger partial charge in [-0.2, -0.15) is 0 Å². The van der Waals surface area contributed by atoms with Crippen molar-refractivity contribution in [2.24, 2.45) is 0 Å². The van der Waals surface area contributed by atoms with E-state index >= 15 is 0 Å². The Labute approximate surface area is 108 Å². The summed E-state index contributed by atoms with van der Waals surface area (Å²) in [5.41, 5.74) is 2.22. The molecule has 0 atom stereocenters. The van der Waals surface area contributed by atoms with Gasteiger partial charge in [-0.1, -0.05) is 0 Å². The number of hydrogen-bond donors (Lipinski definition) is 2. The monoisotopic (exact) mass is 247 g/mol. The van der Waals surface area contributed by atoms with E-state index in [0.717, 1.165) is 31.8 Å². The molecule has 2 rings (SSSR count). The molecule has 2 aromatic rings. The number of nitrogens with zero attached hydrogens (tertiary/aromatic N) is 1. The van der Waals surface area contributed by atoms with Crippen molar-refractivity contribution < 1.29 is 4.74 Å². The normalized spacial score (nSPS) is 11.5. The summed E-state index contributed by atoms with van der Waals surface area (Å²) in [6.07, 6.45) is 5.19. The molecule has 0 saturated carbocycles. The Kier molecular flexibility index (Phi) is 4.73. The highest BCUT2D eigenvalue weighted by Gasteiger charge is 2.02. The third-order valence-corrected chi connectivity index (χ3v) is 2.80. The second-order valence-corrected chi connectivity index (χ2v) is 4.66. The fraction of sp³-hybridized carbons (Fsp3) is 0.500. The van der Waals surface area contributed by atoms with Gasteiger partial charge in [0.2, 0.25) is 0 Å². The zero-order valence-corrected chi connectivity index (χ0v) is 11.1. The second kappa shape index (κ2) is 6.52. The Morgan fingerprint density at radius 2 is 2.33 bits per heavy atom. The minimum Gasteiger partial charge on any atom is -0.379 e. The van der Waals surface area contributed by atoms with Crippen molar-refractivity contribution in [3.05, 3.63) is 30.1 Å². The van der Waals surface area contributed by atoms with Crippen LogP contribution in [0.25, 0.3) is 11.0 Å². The van der Waals surface area contributed by atoms with Gasteiger partial charge in [-0.3, -0.25) is 0 Å². The summed E-state index contributed by atoms with van der Waals surface area (Å²) in [7, 11) is 0. The number of pyridine rings is 1. The number of aromatic amines is 1. The van der Waals surface area contributed by atoms with Crippen molar-refractivity contribution in [2.75, 3.05) is 13.2 Å². The predicted octanol–water partition coefficient (Wildman–Crippen LogP) is 2.47. The smallest absolute Gasteiger partial charge is 0.137 e. The minimum atomic E-state index is 0.324. The van der Waals surface area contributed by atoms with Crippen LogP contribution in [-0.2, 0) is 11.3 Å². The lowest BCUT2D eigenvalue weighted by molar-refractivity contribution is 0.0770. The van der Waals surface area contributed by atoms with Crippen LogP contribution >= 0.6 is 0 Å². The summed E-state index contributed by atoms with van der Waals surface area (Å²) in [6.45, 7) is 6.78. The van der Waals surface area contributed by atoms with E-state index in [1.54, 1.807) is 6.20 Å². The van der Waals surface area contributed by atoms with Gasteiger partial charge < -0.3 is 15.0 Å². The molecule has 0 saturated heterocycles. The highest BCUT2D eigenvalue weighted by molar-refractivity contribution is 5.79. The summed E-state index contributed by atoms with van der Waals surface area (Å²) in [4.78, 5) is 7.45. The van der Waals surface area contributed by atoms with Gasteiger partial charge in [0.25, 0.3) is 0 Å². The van der Waals surface area contributed by atoms with Crippen molar-refractivity contribution in [1.29, 1.82) is 0 Å². The molecule has 4 heteroatoms. The van der Waals surface area contributed by atoms with Crippen molar-refractivity contribution in [2.45, 2.75) is 32.9 Å². The van der Waals surface area contributed by atoms with Gasteiger partial charge in [0, 0.05) is 30.9 Å². The van der Waals surface area contributed by atoms with E-state index in [2.05, 4.69) is 35.2 Å². The van der Waals surface area contributed by atoms with Gasteiger partial charge in [-0.15, -0.1) is 0 Å². The predicted molar refractivity (Wildman–Crippen MR) is 73.5 cm³/mol. The lowest BCUT2D eigenvalue weighted by Crippen LogP contribution is -2.17. The first-order chi connectivity index (χ1) is 8.77. The Morgan fingerprint density at radius 3 is 3.17 bits per heavy atom. The molecular weight excluding hydrogens is 226 g/mol. The second-order valence-electron chi connectivity index (χ2n) is 4.66. The minimum absolute atomic E-state index is 0.324. The van der Waals surface area contributed by atoms with Gasteiger partial charge in [-0.25, -0.2) is 4.98 Å². The molecular formula is C14H21N3O. The zero-order valence-electron chi connectivity index (χ0n) is 11.1. The van der Waals surface area contributed by atoms with E-state index in [0.29, 0.717) is 6.10 Å². The molecule has 0 aliphatic carbocycles. The van der Waals surface area contributed by atoms with Crippen LogP contribution in [0.15, 0.2) is 24.5 Å². The Balaban J connectivity index is 1.74. The van der Waals surface area contributed by atoms with Crippen LogP contribution in [-0.4, -0.2) is 29.2 Å². The maximum Gasteiger partial charge on any atom is 0.137 e.